The third-order valence-corrected chi connectivity index (χ3v) is 9.57. The Bertz CT molecular complexity index is 1510. The number of amides is 2. The van der Waals surface area contributed by atoms with E-state index in [2.05, 4.69) is 5.32 Å². The highest BCUT2D eigenvalue weighted by Gasteiger charge is 2.33. The summed E-state index contributed by atoms with van der Waals surface area (Å²) in [5, 5.41) is 3.99. The number of rotatable bonds is 11. The van der Waals surface area contributed by atoms with Crippen LogP contribution in [0, 0.1) is 13.8 Å². The van der Waals surface area contributed by atoms with Crippen LogP contribution in [0.15, 0.2) is 65.6 Å². The lowest BCUT2D eigenvalue weighted by molar-refractivity contribution is -0.139. The Balaban J connectivity index is 2.07. The van der Waals surface area contributed by atoms with Crippen molar-refractivity contribution in [3.8, 4) is 0 Å². The lowest BCUT2D eigenvalue weighted by Crippen LogP contribution is -2.52. The largest absolute Gasteiger partial charge is 0.352 e. The third kappa shape index (κ3) is 8.16. The SMILES string of the molecule is CC[C@H](C)NC(=O)[C@H](C)N(Cc1ccc(Cl)c(Cl)c1)C(=O)CN(c1ccc(Cl)cc1C)S(=O)(=O)c1ccc(C)cc1. The van der Waals surface area contributed by atoms with E-state index in [1.54, 1.807) is 62.4 Å². The van der Waals surface area contributed by atoms with Gasteiger partial charge in [0.15, 0.2) is 0 Å². The second kappa shape index (κ2) is 13.9. The highest BCUT2D eigenvalue weighted by atomic mass is 35.5. The molecule has 2 atom stereocenters. The van der Waals surface area contributed by atoms with Crippen LogP contribution in [0.5, 0.6) is 0 Å². The lowest BCUT2D eigenvalue weighted by atomic mass is 10.1. The fraction of sp³-hybridized carbons (Fsp3) is 0.333. The van der Waals surface area contributed by atoms with Gasteiger partial charge in [0.1, 0.15) is 12.6 Å². The Hall–Kier alpha value is -2.78. The van der Waals surface area contributed by atoms with Crippen molar-refractivity contribution in [1.82, 2.24) is 10.2 Å². The first-order chi connectivity index (χ1) is 19.2. The van der Waals surface area contributed by atoms with E-state index in [1.165, 1.54) is 17.0 Å². The van der Waals surface area contributed by atoms with Gasteiger partial charge in [-0.05, 0) is 87.7 Å². The van der Waals surface area contributed by atoms with Crippen molar-refractivity contribution in [2.45, 2.75) is 64.6 Å². The summed E-state index contributed by atoms with van der Waals surface area (Å²) in [5.41, 5.74) is 2.39. The molecular formula is C30H34Cl3N3O4S. The van der Waals surface area contributed by atoms with Crippen LogP contribution in [0.25, 0.3) is 0 Å². The maximum atomic E-state index is 14.0. The van der Waals surface area contributed by atoms with Gasteiger partial charge in [-0.25, -0.2) is 8.42 Å². The second-order valence-corrected chi connectivity index (χ2v) is 13.1. The number of halogens is 3. The maximum absolute atomic E-state index is 14.0. The molecule has 0 fully saturated rings. The van der Waals surface area contributed by atoms with E-state index in [1.807, 2.05) is 20.8 Å². The molecule has 0 aromatic heterocycles. The molecule has 0 aliphatic carbocycles. The number of carbonyl (C=O) groups excluding carboxylic acids is 2. The molecule has 0 saturated carbocycles. The molecule has 11 heteroatoms. The zero-order chi connectivity index (χ0) is 30.5. The Morgan fingerprint density at radius 3 is 2.15 bits per heavy atom. The molecule has 41 heavy (non-hydrogen) atoms. The number of benzene rings is 3. The fourth-order valence-corrected chi connectivity index (χ4v) is 6.16. The van der Waals surface area contributed by atoms with Crippen molar-refractivity contribution in [3.63, 3.8) is 0 Å². The van der Waals surface area contributed by atoms with Gasteiger partial charge >= 0.3 is 0 Å². The van der Waals surface area contributed by atoms with Crippen molar-refractivity contribution in [3.05, 3.63) is 92.4 Å². The van der Waals surface area contributed by atoms with Crippen LogP contribution in [0.3, 0.4) is 0 Å². The van der Waals surface area contributed by atoms with Gasteiger partial charge in [-0.3, -0.25) is 13.9 Å². The number of nitrogens with zero attached hydrogens (tertiary/aromatic N) is 2. The predicted octanol–water partition coefficient (Wildman–Crippen LogP) is 6.79. The lowest BCUT2D eigenvalue weighted by Gasteiger charge is -2.33. The summed E-state index contributed by atoms with van der Waals surface area (Å²) in [7, 11) is -4.19. The van der Waals surface area contributed by atoms with Crippen molar-refractivity contribution >= 4 is 62.3 Å². The minimum absolute atomic E-state index is 0.00281. The summed E-state index contributed by atoms with van der Waals surface area (Å²) in [4.78, 5) is 28.6. The van der Waals surface area contributed by atoms with E-state index in [9.17, 15) is 18.0 Å². The molecule has 0 unspecified atom stereocenters. The summed E-state index contributed by atoms with van der Waals surface area (Å²) in [5.74, 6) is -0.934. The van der Waals surface area contributed by atoms with Gasteiger partial charge < -0.3 is 10.2 Å². The van der Waals surface area contributed by atoms with Crippen molar-refractivity contribution in [2.75, 3.05) is 10.8 Å². The second-order valence-electron chi connectivity index (χ2n) is 10.0. The van der Waals surface area contributed by atoms with E-state index in [4.69, 9.17) is 34.8 Å². The number of aryl methyl sites for hydroxylation is 2. The molecule has 3 aromatic rings. The zero-order valence-corrected chi connectivity index (χ0v) is 26.7. The molecule has 3 rings (SSSR count). The summed E-state index contributed by atoms with van der Waals surface area (Å²) >= 11 is 18.5. The number of sulfonamides is 1. The molecule has 0 aliphatic rings. The van der Waals surface area contributed by atoms with Gasteiger partial charge in [0, 0.05) is 17.6 Å². The summed E-state index contributed by atoms with van der Waals surface area (Å²) < 4.78 is 29.0. The Kier molecular flexibility index (Phi) is 11.1. The monoisotopic (exact) mass is 637 g/mol. The minimum Gasteiger partial charge on any atom is -0.352 e. The smallest absolute Gasteiger partial charge is 0.264 e. The van der Waals surface area contributed by atoms with E-state index >= 15 is 0 Å². The fourth-order valence-electron chi connectivity index (χ4n) is 4.13. The average molecular weight is 639 g/mol. The third-order valence-electron chi connectivity index (χ3n) is 6.82. The zero-order valence-electron chi connectivity index (χ0n) is 23.6. The van der Waals surface area contributed by atoms with Gasteiger partial charge in [0.25, 0.3) is 10.0 Å². The molecule has 7 nitrogen and oxygen atoms in total. The maximum Gasteiger partial charge on any atom is 0.264 e. The van der Waals surface area contributed by atoms with Gasteiger partial charge in [-0.2, -0.15) is 0 Å². The molecule has 0 radical (unpaired) electrons. The molecule has 0 aliphatic heterocycles. The number of hydrogen-bond donors (Lipinski definition) is 1. The van der Waals surface area contributed by atoms with Crippen LogP contribution < -0.4 is 9.62 Å². The van der Waals surface area contributed by atoms with Crippen molar-refractivity contribution in [2.24, 2.45) is 0 Å². The van der Waals surface area contributed by atoms with E-state index < -0.39 is 28.5 Å². The summed E-state index contributed by atoms with van der Waals surface area (Å²) in [6, 6.07) is 15.1. The molecule has 0 bridgehead atoms. The van der Waals surface area contributed by atoms with Crippen LogP contribution in [-0.2, 0) is 26.2 Å². The van der Waals surface area contributed by atoms with Crippen molar-refractivity contribution < 1.29 is 18.0 Å². The van der Waals surface area contributed by atoms with E-state index in [0.29, 0.717) is 38.3 Å². The molecule has 0 heterocycles. The topological polar surface area (TPSA) is 86.8 Å². The summed E-state index contributed by atoms with van der Waals surface area (Å²) in [6.45, 7) is 8.45. The molecule has 220 valence electrons. The van der Waals surface area contributed by atoms with Crippen LogP contribution in [0.1, 0.15) is 43.9 Å². The van der Waals surface area contributed by atoms with Crippen LogP contribution in [0.2, 0.25) is 15.1 Å². The Labute approximate surface area is 257 Å². The van der Waals surface area contributed by atoms with Gasteiger partial charge in [-0.15, -0.1) is 0 Å². The number of anilines is 1. The highest BCUT2D eigenvalue weighted by molar-refractivity contribution is 7.92. The van der Waals surface area contributed by atoms with Crippen molar-refractivity contribution in [1.29, 1.82) is 0 Å². The molecular weight excluding hydrogens is 605 g/mol. The van der Waals surface area contributed by atoms with E-state index in [-0.39, 0.29) is 23.4 Å². The first-order valence-electron chi connectivity index (χ1n) is 13.1. The molecule has 3 aromatic carbocycles. The number of carbonyl (C=O) groups is 2. The number of nitrogens with one attached hydrogen (secondary N) is 1. The molecule has 0 saturated heterocycles. The van der Waals surface area contributed by atoms with Gasteiger partial charge in [0.05, 0.1) is 20.6 Å². The molecule has 1 N–H and O–H groups in total. The first-order valence-corrected chi connectivity index (χ1v) is 15.7. The van der Waals surface area contributed by atoms with Gasteiger partial charge in [-0.1, -0.05) is 65.5 Å². The van der Waals surface area contributed by atoms with E-state index in [0.717, 1.165) is 9.87 Å². The number of hydrogen-bond acceptors (Lipinski definition) is 4. The first kappa shape index (κ1) is 32.7. The minimum atomic E-state index is -4.19. The Morgan fingerprint density at radius 2 is 1.56 bits per heavy atom. The Morgan fingerprint density at radius 1 is 0.902 bits per heavy atom. The van der Waals surface area contributed by atoms with Crippen LogP contribution in [-0.4, -0.2) is 43.8 Å². The molecule has 0 spiro atoms. The quantitative estimate of drug-likeness (QED) is 0.251. The normalized spacial score (nSPS) is 12.9. The van der Waals surface area contributed by atoms with Crippen LogP contribution in [0.4, 0.5) is 5.69 Å². The summed E-state index contributed by atoms with van der Waals surface area (Å²) in [6.07, 6.45) is 0.706. The average Bonchev–Trinajstić information content (AvgIpc) is 2.92. The van der Waals surface area contributed by atoms with Crippen LogP contribution >= 0.6 is 34.8 Å². The highest BCUT2D eigenvalue weighted by Crippen LogP contribution is 2.30. The standard InChI is InChI=1S/C30H34Cl3N3O4S/c1-6-21(4)34-30(38)22(5)35(17-23-9-13-26(32)27(33)16-23)29(37)18-36(28-14-10-24(31)15-20(28)3)41(39,40)25-11-7-19(2)8-12-25/h7-16,21-22H,6,17-18H2,1-5H3,(H,34,38)/t21-,22-/m0/s1. The predicted molar refractivity (Wildman–Crippen MR) is 166 cm³/mol. The molecule has 2 amide bonds. The van der Waals surface area contributed by atoms with Gasteiger partial charge in [0.2, 0.25) is 11.8 Å².